The molecule has 2 N–H and O–H groups in total. The van der Waals surface area contributed by atoms with Crippen molar-refractivity contribution in [3.05, 3.63) is 83.5 Å². The van der Waals surface area contributed by atoms with Crippen molar-refractivity contribution in [3.63, 3.8) is 0 Å². The highest BCUT2D eigenvalue weighted by Gasteiger charge is 2.39. The molecule has 0 saturated heterocycles. The van der Waals surface area contributed by atoms with Gasteiger partial charge in [-0.25, -0.2) is 4.39 Å². The Morgan fingerprint density at radius 1 is 1.17 bits per heavy atom. The Morgan fingerprint density at radius 3 is 2.61 bits per heavy atom. The van der Waals surface area contributed by atoms with Crippen LogP contribution in [0.15, 0.2) is 66.6 Å². The van der Waals surface area contributed by atoms with Crippen LogP contribution in [0.5, 0.6) is 0 Å². The molecule has 0 aliphatic carbocycles. The van der Waals surface area contributed by atoms with E-state index in [9.17, 15) is 19.1 Å². The second kappa shape index (κ2) is 11.5. The van der Waals surface area contributed by atoms with Crippen molar-refractivity contribution in [2.45, 2.75) is 45.4 Å². The zero-order valence-electron chi connectivity index (χ0n) is 20.4. The van der Waals surface area contributed by atoms with Crippen molar-refractivity contribution >= 4 is 22.7 Å². The fourth-order valence-electron chi connectivity index (χ4n) is 4.73. The maximum atomic E-state index is 13.2. The molecule has 0 fully saturated rings. The highest BCUT2D eigenvalue weighted by Crippen LogP contribution is 2.42. The number of rotatable bonds is 9. The summed E-state index contributed by atoms with van der Waals surface area (Å²) in [5.74, 6) is -1.22. The lowest BCUT2D eigenvalue weighted by molar-refractivity contribution is -0.166. The first-order valence-corrected chi connectivity index (χ1v) is 12.2. The number of benzene rings is 2. The minimum absolute atomic E-state index is 0.0198. The Hall–Kier alpha value is -3.49. The van der Waals surface area contributed by atoms with E-state index < -0.39 is 12.2 Å². The highest BCUT2D eigenvalue weighted by molar-refractivity contribution is 5.95. The molecule has 0 radical (unpaired) electrons. The lowest BCUT2D eigenvalue weighted by atomic mass is 9.80. The van der Waals surface area contributed by atoms with Crippen LogP contribution >= 0.6 is 0 Å². The molecule has 0 bridgehead atoms. The van der Waals surface area contributed by atoms with E-state index in [2.05, 4.69) is 5.32 Å². The van der Waals surface area contributed by atoms with E-state index in [1.54, 1.807) is 22.8 Å². The third-order valence-electron chi connectivity index (χ3n) is 6.44. The fraction of sp³-hybridized carbons (Fsp3) is 0.357. The number of aliphatic hydroxyl groups is 1. The van der Waals surface area contributed by atoms with E-state index in [1.807, 2.05) is 37.4 Å². The third-order valence-corrected chi connectivity index (χ3v) is 6.44. The molecule has 1 aromatic heterocycles. The molecular formula is C28H31FN2O5. The molecule has 1 amide bonds. The highest BCUT2D eigenvalue weighted by atomic mass is 19.1. The second-order valence-electron chi connectivity index (χ2n) is 8.83. The number of aliphatic hydroxyl groups excluding tert-OH is 1. The van der Waals surface area contributed by atoms with E-state index in [4.69, 9.17) is 9.47 Å². The van der Waals surface area contributed by atoms with Crippen molar-refractivity contribution in [1.82, 2.24) is 9.88 Å². The number of para-hydroxylation sites is 1. The van der Waals surface area contributed by atoms with Crippen LogP contribution in [0.4, 0.5) is 4.39 Å². The van der Waals surface area contributed by atoms with Crippen molar-refractivity contribution < 1.29 is 28.6 Å². The van der Waals surface area contributed by atoms with Crippen LogP contribution in [0, 0.1) is 11.7 Å². The van der Waals surface area contributed by atoms with Gasteiger partial charge in [0.1, 0.15) is 5.82 Å². The first-order valence-electron chi connectivity index (χ1n) is 12.2. The SMILES string of the molecule is CCO[C@H]1OC(C(=O)NCc2ccc(F)cc2)=C[C@@H](c2cn(C(C)=O)c3ccccc23)[C@@H]1CCCO. The number of amides is 1. The Morgan fingerprint density at radius 2 is 1.92 bits per heavy atom. The maximum absolute atomic E-state index is 13.2. The third kappa shape index (κ3) is 5.50. The van der Waals surface area contributed by atoms with Gasteiger partial charge in [-0.2, -0.15) is 0 Å². The summed E-state index contributed by atoms with van der Waals surface area (Å²) >= 11 is 0. The number of aromatic nitrogens is 1. The molecule has 8 heteroatoms. The molecule has 7 nitrogen and oxygen atoms in total. The standard InChI is InChI=1S/C28H31FN2O5/c1-3-35-28-22(8-6-14-32)23(24-17-31(18(2)33)25-9-5-4-7-21(24)25)15-26(36-28)27(34)30-16-19-10-12-20(29)13-11-19/h4-5,7,9-13,15,17,22-23,28,32H,3,6,8,14,16H2,1-2H3,(H,30,34)/t22-,23+,28-/m0/s1. The van der Waals surface area contributed by atoms with E-state index in [-0.39, 0.29) is 42.5 Å². The molecule has 0 saturated carbocycles. The van der Waals surface area contributed by atoms with Gasteiger partial charge < -0.3 is 19.9 Å². The molecule has 2 aromatic carbocycles. The molecule has 1 aliphatic heterocycles. The molecule has 0 unspecified atom stereocenters. The van der Waals surface area contributed by atoms with Crippen LogP contribution < -0.4 is 5.32 Å². The summed E-state index contributed by atoms with van der Waals surface area (Å²) in [6, 6.07) is 13.6. The van der Waals surface area contributed by atoms with E-state index >= 15 is 0 Å². The van der Waals surface area contributed by atoms with Crippen molar-refractivity contribution in [3.8, 4) is 0 Å². The predicted octanol–water partition coefficient (Wildman–Crippen LogP) is 4.51. The molecule has 4 rings (SSSR count). The van der Waals surface area contributed by atoms with Crippen molar-refractivity contribution in [2.75, 3.05) is 13.2 Å². The Balaban J connectivity index is 1.72. The summed E-state index contributed by atoms with van der Waals surface area (Å²) in [6.07, 6.45) is 4.04. The first-order chi connectivity index (χ1) is 17.4. The number of ether oxygens (including phenoxy) is 2. The minimum atomic E-state index is -0.706. The summed E-state index contributed by atoms with van der Waals surface area (Å²) in [4.78, 5) is 25.5. The quantitative estimate of drug-likeness (QED) is 0.457. The molecule has 3 atom stereocenters. The number of halogens is 1. The van der Waals surface area contributed by atoms with Gasteiger partial charge in [0.2, 0.25) is 12.2 Å². The zero-order chi connectivity index (χ0) is 25.7. The van der Waals surface area contributed by atoms with E-state index in [0.29, 0.717) is 19.4 Å². The molecule has 36 heavy (non-hydrogen) atoms. The minimum Gasteiger partial charge on any atom is -0.459 e. The van der Waals surface area contributed by atoms with Gasteiger partial charge in [-0.15, -0.1) is 0 Å². The Bertz CT molecular complexity index is 1250. The summed E-state index contributed by atoms with van der Waals surface area (Å²) in [6.45, 7) is 3.98. The number of fused-ring (bicyclic) bond motifs is 1. The van der Waals surface area contributed by atoms with Gasteiger partial charge >= 0.3 is 0 Å². The lowest BCUT2D eigenvalue weighted by Gasteiger charge is -2.36. The van der Waals surface area contributed by atoms with Crippen LogP contribution in [0.25, 0.3) is 10.9 Å². The average Bonchev–Trinajstić information content (AvgIpc) is 3.27. The van der Waals surface area contributed by atoms with Gasteiger partial charge in [0.25, 0.3) is 5.91 Å². The summed E-state index contributed by atoms with van der Waals surface area (Å²) in [5.41, 5.74) is 2.43. The number of nitrogens with one attached hydrogen (secondary N) is 1. The largest absolute Gasteiger partial charge is 0.459 e. The number of hydrogen-bond donors (Lipinski definition) is 2. The zero-order valence-corrected chi connectivity index (χ0v) is 20.4. The van der Waals surface area contributed by atoms with E-state index in [1.165, 1.54) is 19.1 Å². The smallest absolute Gasteiger partial charge is 0.286 e. The number of carbonyl (C=O) groups excluding carboxylic acids is 2. The first kappa shape index (κ1) is 25.6. The van der Waals surface area contributed by atoms with Gasteiger partial charge in [-0.05, 0) is 55.2 Å². The Labute approximate surface area is 209 Å². The molecule has 2 heterocycles. The maximum Gasteiger partial charge on any atom is 0.286 e. The van der Waals surface area contributed by atoms with Gasteiger partial charge in [-0.1, -0.05) is 30.3 Å². The number of allylic oxidation sites excluding steroid dienone is 1. The number of hydrogen-bond acceptors (Lipinski definition) is 5. The van der Waals surface area contributed by atoms with E-state index in [0.717, 1.165) is 22.0 Å². The van der Waals surface area contributed by atoms with Crippen LogP contribution in [0.1, 0.15) is 48.5 Å². The van der Waals surface area contributed by atoms with Crippen LogP contribution in [-0.4, -0.2) is 41.0 Å². The molecule has 3 aromatic rings. The summed E-state index contributed by atoms with van der Waals surface area (Å²) < 4.78 is 26.8. The number of carbonyl (C=O) groups is 2. The molecule has 0 spiro atoms. The van der Waals surface area contributed by atoms with Gasteiger partial charge in [0.05, 0.1) is 5.52 Å². The summed E-state index contributed by atoms with van der Waals surface area (Å²) in [7, 11) is 0. The molecule has 190 valence electrons. The van der Waals surface area contributed by atoms with Gasteiger partial charge in [-0.3, -0.25) is 14.2 Å². The normalized spacial score (nSPS) is 19.6. The molecule has 1 aliphatic rings. The Kier molecular flexibility index (Phi) is 8.18. The van der Waals surface area contributed by atoms with Crippen LogP contribution in [0.2, 0.25) is 0 Å². The topological polar surface area (TPSA) is 89.8 Å². The van der Waals surface area contributed by atoms with Crippen LogP contribution in [-0.2, 0) is 20.8 Å². The number of nitrogens with zero attached hydrogens (tertiary/aromatic N) is 1. The summed E-state index contributed by atoms with van der Waals surface area (Å²) in [5, 5.41) is 13.3. The van der Waals surface area contributed by atoms with Crippen molar-refractivity contribution in [1.29, 1.82) is 0 Å². The van der Waals surface area contributed by atoms with Gasteiger partial charge in [0.15, 0.2) is 5.76 Å². The monoisotopic (exact) mass is 494 g/mol. The van der Waals surface area contributed by atoms with Crippen molar-refractivity contribution in [2.24, 2.45) is 5.92 Å². The fourth-order valence-corrected chi connectivity index (χ4v) is 4.73. The molecular weight excluding hydrogens is 463 g/mol. The lowest BCUT2D eigenvalue weighted by Crippen LogP contribution is -2.39. The van der Waals surface area contributed by atoms with Gasteiger partial charge in [0, 0.05) is 50.1 Å². The van der Waals surface area contributed by atoms with Crippen LogP contribution in [0.3, 0.4) is 0 Å². The second-order valence-corrected chi connectivity index (χ2v) is 8.83. The average molecular weight is 495 g/mol. The predicted molar refractivity (Wildman–Crippen MR) is 134 cm³/mol.